The maximum absolute atomic E-state index is 10.2. The monoisotopic (exact) mass is 192 g/mol. The fourth-order valence-corrected chi connectivity index (χ4v) is 1.52. The van der Waals surface area contributed by atoms with Crippen LogP contribution in [-0.2, 0) is 0 Å². The van der Waals surface area contributed by atoms with E-state index in [1.54, 1.807) is 0 Å². The van der Waals surface area contributed by atoms with Gasteiger partial charge >= 0.3 is 0 Å². The molecule has 0 amide bonds. The number of aryl methyl sites for hydroxylation is 2. The van der Waals surface area contributed by atoms with Gasteiger partial charge in [0.25, 0.3) is 0 Å². The van der Waals surface area contributed by atoms with Gasteiger partial charge in [-0.3, -0.25) is 0 Å². The van der Waals surface area contributed by atoms with Gasteiger partial charge in [0, 0.05) is 0 Å². The van der Waals surface area contributed by atoms with Crippen LogP contribution in [-0.4, -0.2) is 5.11 Å². The van der Waals surface area contributed by atoms with Crippen molar-refractivity contribution in [3.8, 4) is 0 Å². The molecule has 78 valence electrons. The first-order chi connectivity index (χ1) is 6.32. The molecule has 0 saturated carbocycles. The highest BCUT2D eigenvalue weighted by atomic mass is 16.3. The van der Waals surface area contributed by atoms with Gasteiger partial charge in [-0.2, -0.15) is 0 Å². The van der Waals surface area contributed by atoms with Crippen molar-refractivity contribution >= 4 is 0 Å². The Bertz CT molecular complexity index is 320. The minimum atomic E-state index is -0.387. The van der Waals surface area contributed by atoms with Gasteiger partial charge in [-0.1, -0.05) is 44.5 Å². The first-order valence-corrected chi connectivity index (χ1v) is 5.07. The third kappa shape index (κ3) is 2.36. The predicted octanol–water partition coefficient (Wildman–Crippen LogP) is 3.38. The van der Waals surface area contributed by atoms with Gasteiger partial charge in [-0.25, -0.2) is 0 Å². The summed E-state index contributed by atoms with van der Waals surface area (Å²) in [4.78, 5) is 0. The molecule has 1 aromatic carbocycles. The lowest BCUT2D eigenvalue weighted by Gasteiger charge is -2.27. The Morgan fingerprint density at radius 1 is 1.14 bits per heavy atom. The molecule has 0 unspecified atom stereocenters. The maximum Gasteiger partial charge on any atom is 0.0840 e. The second-order valence-electron chi connectivity index (χ2n) is 5.13. The summed E-state index contributed by atoms with van der Waals surface area (Å²) in [6.07, 6.45) is -0.387. The molecule has 1 rings (SSSR count). The molecule has 0 spiro atoms. The molecule has 0 aliphatic rings. The van der Waals surface area contributed by atoms with E-state index in [2.05, 4.69) is 45.9 Å². The van der Waals surface area contributed by atoms with Gasteiger partial charge in [-0.15, -0.1) is 0 Å². The van der Waals surface area contributed by atoms with E-state index in [0.717, 1.165) is 11.1 Å². The van der Waals surface area contributed by atoms with Crippen molar-refractivity contribution in [3.63, 3.8) is 0 Å². The molecular weight excluding hydrogens is 172 g/mol. The molecule has 14 heavy (non-hydrogen) atoms. The van der Waals surface area contributed by atoms with E-state index in [1.165, 1.54) is 5.56 Å². The van der Waals surface area contributed by atoms with Gasteiger partial charge in [0.05, 0.1) is 6.10 Å². The standard InChI is InChI=1S/C13H20O/c1-9-6-7-10(2)11(8-9)12(14)13(3,4)5/h6-8,12,14H,1-5H3/t12-/m1/s1. The van der Waals surface area contributed by atoms with Gasteiger partial charge in [0.15, 0.2) is 0 Å². The van der Waals surface area contributed by atoms with Crippen LogP contribution in [0.15, 0.2) is 18.2 Å². The molecule has 1 aromatic rings. The van der Waals surface area contributed by atoms with E-state index < -0.39 is 0 Å². The van der Waals surface area contributed by atoms with E-state index in [9.17, 15) is 5.11 Å². The number of aliphatic hydroxyl groups is 1. The Morgan fingerprint density at radius 3 is 2.21 bits per heavy atom. The average Bonchev–Trinajstić information content (AvgIpc) is 2.06. The van der Waals surface area contributed by atoms with Gasteiger partial charge in [0.1, 0.15) is 0 Å². The Labute approximate surface area is 86.8 Å². The van der Waals surface area contributed by atoms with Crippen LogP contribution in [0.1, 0.15) is 43.6 Å². The van der Waals surface area contributed by atoms with E-state index >= 15 is 0 Å². The maximum atomic E-state index is 10.2. The van der Waals surface area contributed by atoms with Gasteiger partial charge in [-0.05, 0) is 30.4 Å². The van der Waals surface area contributed by atoms with Crippen LogP contribution in [0.4, 0.5) is 0 Å². The van der Waals surface area contributed by atoms with E-state index in [1.807, 2.05) is 6.92 Å². The third-order valence-electron chi connectivity index (χ3n) is 2.55. The first-order valence-electron chi connectivity index (χ1n) is 5.07. The van der Waals surface area contributed by atoms with E-state index in [4.69, 9.17) is 0 Å². The summed E-state index contributed by atoms with van der Waals surface area (Å²) >= 11 is 0. The fourth-order valence-electron chi connectivity index (χ4n) is 1.52. The predicted molar refractivity (Wildman–Crippen MR) is 60.3 cm³/mol. The van der Waals surface area contributed by atoms with Crippen LogP contribution in [0, 0.1) is 19.3 Å². The molecule has 0 saturated heterocycles. The molecule has 1 heteroatoms. The van der Waals surface area contributed by atoms with Crippen molar-refractivity contribution in [1.29, 1.82) is 0 Å². The smallest absolute Gasteiger partial charge is 0.0840 e. The zero-order valence-corrected chi connectivity index (χ0v) is 9.76. The lowest BCUT2D eigenvalue weighted by molar-refractivity contribution is 0.0621. The Balaban J connectivity index is 3.12. The van der Waals surface area contributed by atoms with Crippen LogP contribution in [0.3, 0.4) is 0 Å². The average molecular weight is 192 g/mol. The molecule has 1 nitrogen and oxygen atoms in total. The molecule has 1 N–H and O–H groups in total. The number of benzene rings is 1. The first kappa shape index (κ1) is 11.3. The Morgan fingerprint density at radius 2 is 1.71 bits per heavy atom. The van der Waals surface area contributed by atoms with Crippen molar-refractivity contribution in [1.82, 2.24) is 0 Å². The second kappa shape index (κ2) is 3.74. The number of hydrogen-bond acceptors (Lipinski definition) is 1. The summed E-state index contributed by atoms with van der Waals surface area (Å²) in [7, 11) is 0. The van der Waals surface area contributed by atoms with Crippen LogP contribution < -0.4 is 0 Å². The normalized spacial score (nSPS) is 14.1. The van der Waals surface area contributed by atoms with Crippen molar-refractivity contribution in [3.05, 3.63) is 34.9 Å². The molecule has 0 fully saturated rings. The summed E-state index contributed by atoms with van der Waals surface area (Å²) < 4.78 is 0. The van der Waals surface area contributed by atoms with Crippen LogP contribution >= 0.6 is 0 Å². The molecule has 0 bridgehead atoms. The van der Waals surface area contributed by atoms with Crippen LogP contribution in [0.5, 0.6) is 0 Å². The van der Waals surface area contributed by atoms with Crippen molar-refractivity contribution in [2.45, 2.75) is 40.7 Å². The summed E-state index contributed by atoms with van der Waals surface area (Å²) in [6, 6.07) is 6.22. The van der Waals surface area contributed by atoms with Gasteiger partial charge in [0.2, 0.25) is 0 Å². The van der Waals surface area contributed by atoms with Crippen LogP contribution in [0.25, 0.3) is 0 Å². The lowest BCUT2D eigenvalue weighted by atomic mass is 9.83. The Kier molecular flexibility index (Phi) is 3.01. The van der Waals surface area contributed by atoms with Crippen molar-refractivity contribution < 1.29 is 5.11 Å². The highest BCUT2D eigenvalue weighted by Crippen LogP contribution is 2.34. The number of hydrogen-bond donors (Lipinski definition) is 1. The molecule has 0 radical (unpaired) electrons. The SMILES string of the molecule is Cc1ccc(C)c([C@@H](O)C(C)(C)C)c1. The summed E-state index contributed by atoms with van der Waals surface area (Å²) in [5.41, 5.74) is 3.32. The van der Waals surface area contributed by atoms with E-state index in [-0.39, 0.29) is 11.5 Å². The minimum absolute atomic E-state index is 0.0987. The zero-order chi connectivity index (χ0) is 10.9. The molecule has 0 aromatic heterocycles. The topological polar surface area (TPSA) is 20.2 Å². The molecule has 0 heterocycles. The highest BCUT2D eigenvalue weighted by molar-refractivity contribution is 5.32. The number of aliphatic hydroxyl groups excluding tert-OH is 1. The quantitative estimate of drug-likeness (QED) is 0.723. The molecular formula is C13H20O. The highest BCUT2D eigenvalue weighted by Gasteiger charge is 2.24. The second-order valence-corrected chi connectivity index (χ2v) is 5.13. The van der Waals surface area contributed by atoms with Crippen molar-refractivity contribution in [2.24, 2.45) is 5.41 Å². The minimum Gasteiger partial charge on any atom is -0.388 e. The Hall–Kier alpha value is -0.820. The lowest BCUT2D eigenvalue weighted by Crippen LogP contribution is -2.18. The van der Waals surface area contributed by atoms with Gasteiger partial charge < -0.3 is 5.11 Å². The largest absolute Gasteiger partial charge is 0.388 e. The summed E-state index contributed by atoms with van der Waals surface area (Å²) in [5, 5.41) is 10.2. The summed E-state index contributed by atoms with van der Waals surface area (Å²) in [5.74, 6) is 0. The molecule has 0 aliphatic heterocycles. The molecule has 0 aliphatic carbocycles. The number of rotatable bonds is 1. The zero-order valence-electron chi connectivity index (χ0n) is 9.76. The fraction of sp³-hybridized carbons (Fsp3) is 0.538. The van der Waals surface area contributed by atoms with Crippen LogP contribution in [0.2, 0.25) is 0 Å². The summed E-state index contributed by atoms with van der Waals surface area (Å²) in [6.45, 7) is 10.3. The van der Waals surface area contributed by atoms with E-state index in [0.29, 0.717) is 0 Å². The molecule has 1 atom stereocenters. The van der Waals surface area contributed by atoms with Crippen molar-refractivity contribution in [2.75, 3.05) is 0 Å². The third-order valence-corrected chi connectivity index (χ3v) is 2.55.